The van der Waals surface area contributed by atoms with Gasteiger partial charge in [0.2, 0.25) is 0 Å². The third kappa shape index (κ3) is 2.85. The average Bonchev–Trinajstić information content (AvgIpc) is 3.26. The van der Waals surface area contributed by atoms with Crippen LogP contribution in [0.2, 0.25) is 0 Å². The van der Waals surface area contributed by atoms with Crippen LogP contribution < -0.4 is 0 Å². The number of aliphatic hydroxyl groups is 3. The number of esters is 2. The number of Topliss-reactive ketones (excluding diaryl/α,β-unsaturated/α-hetero) is 1. The smallest absolute Gasteiger partial charge is 0.303 e. The normalized spacial score (nSPS) is 54.7. The number of furan rings is 1. The molecule has 2 saturated heterocycles. The molecule has 7 rings (SSSR count). The molecule has 224 valence electrons. The van der Waals surface area contributed by atoms with Crippen molar-refractivity contribution < 1.29 is 53.1 Å². The highest BCUT2D eigenvalue weighted by atomic mass is 16.6. The molecule has 11 nitrogen and oxygen atoms in total. The number of carbonyl (C=O) groups is 3. The van der Waals surface area contributed by atoms with Gasteiger partial charge in [-0.05, 0) is 30.4 Å². The van der Waals surface area contributed by atoms with Crippen LogP contribution in [0.15, 0.2) is 23.0 Å². The maximum atomic E-state index is 15.0. The Morgan fingerprint density at radius 1 is 0.976 bits per heavy atom. The molecule has 4 saturated carbocycles. The van der Waals surface area contributed by atoms with Crippen molar-refractivity contribution in [3.63, 3.8) is 0 Å². The minimum atomic E-state index is -1.36. The van der Waals surface area contributed by atoms with E-state index in [1.807, 2.05) is 19.9 Å². The van der Waals surface area contributed by atoms with E-state index in [0.29, 0.717) is 6.42 Å². The summed E-state index contributed by atoms with van der Waals surface area (Å²) in [6, 6.07) is 1.84. The molecular weight excluding hydrogens is 536 g/mol. The van der Waals surface area contributed by atoms with E-state index in [4.69, 9.17) is 23.4 Å². The highest BCUT2D eigenvalue weighted by Gasteiger charge is 2.92. The van der Waals surface area contributed by atoms with Gasteiger partial charge < -0.3 is 38.7 Å². The molecule has 1 aromatic heterocycles. The zero-order valence-corrected chi connectivity index (χ0v) is 23.9. The van der Waals surface area contributed by atoms with Gasteiger partial charge in [-0.3, -0.25) is 14.4 Å². The summed E-state index contributed by atoms with van der Waals surface area (Å²) in [7, 11) is 0. The van der Waals surface area contributed by atoms with E-state index < -0.39 is 87.5 Å². The fourth-order valence-corrected chi connectivity index (χ4v) is 11.0. The van der Waals surface area contributed by atoms with Crippen molar-refractivity contribution in [2.75, 3.05) is 6.61 Å². The van der Waals surface area contributed by atoms with Crippen LogP contribution in [0, 0.1) is 33.5 Å². The molecule has 2 aliphatic heterocycles. The molecule has 1 spiro atoms. The molecule has 0 aromatic carbocycles. The molecule has 14 atom stereocenters. The van der Waals surface area contributed by atoms with Crippen molar-refractivity contribution >= 4 is 17.7 Å². The van der Waals surface area contributed by atoms with Crippen LogP contribution in [-0.4, -0.2) is 82.1 Å². The standard InChI is InChI=1S/C30H38O11/c1-13(31)39-20-10-19(34)29-12-38-25(36)26(20,3)17(29)9-18(33)28(5)23(29)22(35)24(40-14(2)32)27(4)16(15-6-7-37-11-15)8-21-30(27,28)41-21/h6-7,11,16-21,23-25,33-34,36H,8-10,12H2,1-5H3/t16-,17-,18+,19-,20?,21+,23-,24-,25?,26+,27+,28+,29+,30+/m0/s1. The van der Waals surface area contributed by atoms with Crippen LogP contribution in [0.3, 0.4) is 0 Å². The van der Waals surface area contributed by atoms with Crippen LogP contribution in [-0.2, 0) is 33.3 Å². The van der Waals surface area contributed by atoms with E-state index in [1.165, 1.54) is 13.8 Å². The van der Waals surface area contributed by atoms with Crippen LogP contribution in [0.5, 0.6) is 0 Å². The summed E-state index contributed by atoms with van der Waals surface area (Å²) in [4.78, 5) is 39.7. The SMILES string of the molecule is CC(=O)OC1C[C@H](O)[C@@]23COC(O)[C@]1(C)[C@@H]2C[C@@H](O)[C@]1(C)[C@@H]3C(=O)[C@H](OC(C)=O)[C@@]2(C)[C@H](c3ccoc3)C[C@H]3O[C@]321. The summed E-state index contributed by atoms with van der Waals surface area (Å²) in [6.07, 6.45) is -2.27. The molecule has 0 amide bonds. The zero-order valence-electron chi connectivity index (χ0n) is 23.9. The first-order chi connectivity index (χ1) is 19.2. The Labute approximate surface area is 237 Å². The lowest BCUT2D eigenvalue weighted by Crippen LogP contribution is -2.82. The fraction of sp³-hybridized carbons (Fsp3) is 0.767. The topological polar surface area (TPSA) is 165 Å². The second-order valence-corrected chi connectivity index (χ2v) is 13.9. The molecule has 6 fully saturated rings. The van der Waals surface area contributed by atoms with E-state index in [0.717, 1.165) is 5.56 Å². The Kier molecular flexibility index (Phi) is 5.50. The van der Waals surface area contributed by atoms with E-state index in [9.17, 15) is 24.9 Å². The molecule has 6 aliphatic rings. The van der Waals surface area contributed by atoms with Gasteiger partial charge in [-0.1, -0.05) is 20.8 Å². The lowest BCUT2D eigenvalue weighted by molar-refractivity contribution is -0.373. The van der Waals surface area contributed by atoms with Gasteiger partial charge in [0.15, 0.2) is 18.2 Å². The number of aliphatic hydroxyl groups excluding tert-OH is 3. The summed E-state index contributed by atoms with van der Waals surface area (Å²) in [5.41, 5.74) is -4.93. The monoisotopic (exact) mass is 574 g/mol. The van der Waals surface area contributed by atoms with Crippen molar-refractivity contribution in [1.82, 2.24) is 0 Å². The average molecular weight is 575 g/mol. The summed E-state index contributed by atoms with van der Waals surface area (Å²) in [5.74, 6) is -3.56. The van der Waals surface area contributed by atoms with Crippen molar-refractivity contribution in [2.24, 2.45) is 33.5 Å². The maximum Gasteiger partial charge on any atom is 0.303 e. The number of ketones is 1. The zero-order chi connectivity index (χ0) is 29.5. The van der Waals surface area contributed by atoms with Gasteiger partial charge in [0, 0.05) is 42.9 Å². The Morgan fingerprint density at radius 3 is 2.32 bits per heavy atom. The lowest BCUT2D eigenvalue weighted by atomic mass is 9.33. The summed E-state index contributed by atoms with van der Waals surface area (Å²) in [5, 5.41) is 35.4. The van der Waals surface area contributed by atoms with Gasteiger partial charge in [-0.15, -0.1) is 0 Å². The van der Waals surface area contributed by atoms with E-state index >= 15 is 4.79 Å². The Balaban J connectivity index is 1.44. The number of hydrogen-bond donors (Lipinski definition) is 3. The first-order valence-electron chi connectivity index (χ1n) is 14.5. The lowest BCUT2D eigenvalue weighted by Gasteiger charge is -2.73. The van der Waals surface area contributed by atoms with Crippen LogP contribution >= 0.6 is 0 Å². The van der Waals surface area contributed by atoms with Crippen molar-refractivity contribution in [1.29, 1.82) is 0 Å². The number of fused-ring (bicyclic) bond motifs is 1. The number of epoxide rings is 1. The van der Waals surface area contributed by atoms with Gasteiger partial charge in [-0.25, -0.2) is 0 Å². The largest absolute Gasteiger partial charge is 0.472 e. The van der Waals surface area contributed by atoms with Crippen molar-refractivity contribution in [3.8, 4) is 0 Å². The molecule has 2 bridgehead atoms. The van der Waals surface area contributed by atoms with E-state index in [1.54, 1.807) is 19.5 Å². The van der Waals surface area contributed by atoms with E-state index in [-0.39, 0.29) is 31.5 Å². The molecule has 2 unspecified atom stereocenters. The van der Waals surface area contributed by atoms with Crippen molar-refractivity contribution in [3.05, 3.63) is 24.2 Å². The predicted octanol–water partition coefficient (Wildman–Crippen LogP) is 1.47. The molecule has 3 heterocycles. The van der Waals surface area contributed by atoms with Gasteiger partial charge in [0.25, 0.3) is 0 Å². The number of ether oxygens (including phenoxy) is 4. The summed E-state index contributed by atoms with van der Waals surface area (Å²) in [6.45, 7) is 7.85. The number of rotatable bonds is 3. The quantitative estimate of drug-likeness (QED) is 0.354. The first-order valence-corrected chi connectivity index (χ1v) is 14.5. The van der Waals surface area contributed by atoms with Gasteiger partial charge in [0.1, 0.15) is 11.7 Å². The summed E-state index contributed by atoms with van der Waals surface area (Å²) >= 11 is 0. The second-order valence-electron chi connectivity index (χ2n) is 13.9. The summed E-state index contributed by atoms with van der Waals surface area (Å²) < 4.78 is 29.5. The molecule has 0 radical (unpaired) electrons. The molecule has 41 heavy (non-hydrogen) atoms. The minimum Gasteiger partial charge on any atom is -0.472 e. The fourth-order valence-electron chi connectivity index (χ4n) is 11.0. The van der Waals surface area contributed by atoms with Crippen LogP contribution in [0.25, 0.3) is 0 Å². The maximum absolute atomic E-state index is 15.0. The number of carbonyl (C=O) groups excluding carboxylic acids is 3. The van der Waals surface area contributed by atoms with Gasteiger partial charge >= 0.3 is 11.9 Å². The predicted molar refractivity (Wildman–Crippen MR) is 137 cm³/mol. The first kappa shape index (κ1) is 27.5. The minimum absolute atomic E-state index is 0.0205. The number of hydrogen-bond acceptors (Lipinski definition) is 11. The highest BCUT2D eigenvalue weighted by molar-refractivity contribution is 5.93. The Bertz CT molecular complexity index is 1310. The van der Waals surface area contributed by atoms with Gasteiger partial charge in [0.05, 0.1) is 48.3 Å². The molecule has 3 N–H and O–H groups in total. The van der Waals surface area contributed by atoms with E-state index in [2.05, 4.69) is 0 Å². The van der Waals surface area contributed by atoms with Crippen LogP contribution in [0.4, 0.5) is 0 Å². The highest BCUT2D eigenvalue weighted by Crippen LogP contribution is 2.82. The van der Waals surface area contributed by atoms with Gasteiger partial charge in [-0.2, -0.15) is 0 Å². The molecule has 1 aromatic rings. The van der Waals surface area contributed by atoms with Crippen LogP contribution in [0.1, 0.15) is 65.4 Å². The molecule has 4 aliphatic carbocycles. The third-order valence-corrected chi connectivity index (χ3v) is 12.6. The third-order valence-electron chi connectivity index (χ3n) is 12.6. The Hall–Kier alpha value is -2.31. The molecular formula is C30H38O11. The second kappa shape index (κ2) is 8.19. The molecule has 11 heteroatoms. The Morgan fingerprint density at radius 2 is 1.68 bits per heavy atom. The van der Waals surface area contributed by atoms with Crippen molar-refractivity contribution in [2.45, 2.75) is 102 Å².